The van der Waals surface area contributed by atoms with Crippen LogP contribution in [0.2, 0.25) is 0 Å². The van der Waals surface area contributed by atoms with E-state index in [0.29, 0.717) is 28.0 Å². The first-order valence-corrected chi connectivity index (χ1v) is 8.84. The van der Waals surface area contributed by atoms with Gasteiger partial charge in [0.15, 0.2) is 5.13 Å². The van der Waals surface area contributed by atoms with Crippen LogP contribution in [0.1, 0.15) is 11.8 Å². The standard InChI is InChI=1S/C19H17FN2O3S/c1-2-25-15-9-3-12(4-10-15)18-16(11-17(23)24)26-19(22-18)21-14-7-5-13(20)6-8-14/h3-10H,2,11H2,1H3,(H,21,22)(H,23,24). The van der Waals surface area contributed by atoms with E-state index in [2.05, 4.69) is 10.3 Å². The van der Waals surface area contributed by atoms with Gasteiger partial charge in [-0.05, 0) is 55.5 Å². The second-order valence-electron chi connectivity index (χ2n) is 5.45. The van der Waals surface area contributed by atoms with E-state index >= 15 is 0 Å². The van der Waals surface area contributed by atoms with Crippen LogP contribution in [-0.4, -0.2) is 22.7 Å². The highest BCUT2D eigenvalue weighted by Gasteiger charge is 2.16. The smallest absolute Gasteiger partial charge is 0.308 e. The highest BCUT2D eigenvalue weighted by molar-refractivity contribution is 7.16. The number of aliphatic carboxylic acids is 1. The fourth-order valence-corrected chi connectivity index (χ4v) is 3.42. The maximum Gasteiger partial charge on any atom is 0.308 e. The van der Waals surface area contributed by atoms with Crippen LogP contribution in [0, 0.1) is 5.82 Å². The summed E-state index contributed by atoms with van der Waals surface area (Å²) in [5, 5.41) is 12.8. The zero-order valence-electron chi connectivity index (χ0n) is 14.0. The van der Waals surface area contributed by atoms with Crippen LogP contribution in [0.15, 0.2) is 48.5 Å². The van der Waals surface area contributed by atoms with Crippen molar-refractivity contribution in [1.29, 1.82) is 0 Å². The molecule has 2 N–H and O–H groups in total. The van der Waals surface area contributed by atoms with Gasteiger partial charge in [0.25, 0.3) is 0 Å². The lowest BCUT2D eigenvalue weighted by Crippen LogP contribution is -1.99. The molecule has 0 aliphatic heterocycles. The quantitative estimate of drug-likeness (QED) is 0.628. The van der Waals surface area contributed by atoms with E-state index in [1.807, 2.05) is 31.2 Å². The van der Waals surface area contributed by atoms with Gasteiger partial charge in [0.05, 0.1) is 18.7 Å². The van der Waals surface area contributed by atoms with Crippen LogP contribution < -0.4 is 10.1 Å². The number of halogens is 1. The molecule has 3 aromatic rings. The number of anilines is 2. The summed E-state index contributed by atoms with van der Waals surface area (Å²) in [5.74, 6) is -0.499. The molecule has 0 aliphatic carbocycles. The number of benzene rings is 2. The average Bonchev–Trinajstić information content (AvgIpc) is 2.99. The van der Waals surface area contributed by atoms with Crippen LogP contribution in [-0.2, 0) is 11.2 Å². The van der Waals surface area contributed by atoms with Crippen molar-refractivity contribution < 1.29 is 19.0 Å². The molecule has 26 heavy (non-hydrogen) atoms. The summed E-state index contributed by atoms with van der Waals surface area (Å²) >= 11 is 1.27. The highest BCUT2D eigenvalue weighted by atomic mass is 32.1. The van der Waals surface area contributed by atoms with Crippen molar-refractivity contribution in [3.63, 3.8) is 0 Å². The van der Waals surface area contributed by atoms with E-state index in [1.54, 1.807) is 12.1 Å². The number of carboxylic acids is 1. The molecule has 0 radical (unpaired) electrons. The minimum atomic E-state index is -0.922. The molecule has 0 bridgehead atoms. The van der Waals surface area contributed by atoms with Crippen molar-refractivity contribution in [2.45, 2.75) is 13.3 Å². The Hall–Kier alpha value is -2.93. The Bertz CT molecular complexity index is 892. The summed E-state index contributed by atoms with van der Waals surface area (Å²) in [6, 6.07) is 13.3. The molecule has 0 atom stereocenters. The van der Waals surface area contributed by atoms with Crippen molar-refractivity contribution >= 4 is 28.1 Å². The zero-order chi connectivity index (χ0) is 18.5. The summed E-state index contributed by atoms with van der Waals surface area (Å²) in [5.41, 5.74) is 2.11. The third-order valence-corrected chi connectivity index (χ3v) is 4.51. The highest BCUT2D eigenvalue weighted by Crippen LogP contribution is 2.34. The van der Waals surface area contributed by atoms with E-state index in [0.717, 1.165) is 11.3 Å². The molecule has 134 valence electrons. The average molecular weight is 372 g/mol. The van der Waals surface area contributed by atoms with Gasteiger partial charge in [0, 0.05) is 16.1 Å². The van der Waals surface area contributed by atoms with Gasteiger partial charge in [-0.15, -0.1) is 11.3 Å². The SMILES string of the molecule is CCOc1ccc(-c2nc(Nc3ccc(F)cc3)sc2CC(=O)O)cc1. The number of carboxylic acid groups (broad SMARTS) is 1. The van der Waals surface area contributed by atoms with Gasteiger partial charge in [-0.1, -0.05) is 0 Å². The van der Waals surface area contributed by atoms with Crippen molar-refractivity contribution in [2.75, 3.05) is 11.9 Å². The molecule has 3 rings (SSSR count). The van der Waals surface area contributed by atoms with Crippen molar-refractivity contribution in [2.24, 2.45) is 0 Å². The van der Waals surface area contributed by atoms with E-state index in [1.165, 1.54) is 23.5 Å². The minimum absolute atomic E-state index is 0.120. The topological polar surface area (TPSA) is 71.5 Å². The molecule has 7 heteroatoms. The number of hydrogen-bond donors (Lipinski definition) is 2. The summed E-state index contributed by atoms with van der Waals surface area (Å²) in [6.45, 7) is 2.48. The first-order valence-electron chi connectivity index (χ1n) is 8.02. The largest absolute Gasteiger partial charge is 0.494 e. The van der Waals surface area contributed by atoms with Crippen LogP contribution in [0.5, 0.6) is 5.75 Å². The first kappa shape index (κ1) is 17.9. The van der Waals surface area contributed by atoms with Crippen molar-refractivity contribution in [3.05, 3.63) is 59.2 Å². The zero-order valence-corrected chi connectivity index (χ0v) is 14.8. The Morgan fingerprint density at radius 3 is 2.50 bits per heavy atom. The number of ether oxygens (including phenoxy) is 1. The van der Waals surface area contributed by atoms with Gasteiger partial charge >= 0.3 is 5.97 Å². The summed E-state index contributed by atoms with van der Waals surface area (Å²) < 4.78 is 18.5. The maximum atomic E-state index is 13.0. The van der Waals surface area contributed by atoms with Gasteiger partial charge in [-0.2, -0.15) is 0 Å². The molecule has 2 aromatic carbocycles. The van der Waals surface area contributed by atoms with Crippen LogP contribution >= 0.6 is 11.3 Å². The fourth-order valence-electron chi connectivity index (χ4n) is 2.42. The molecule has 0 unspecified atom stereocenters. The Kier molecular flexibility index (Phi) is 5.48. The normalized spacial score (nSPS) is 10.5. The van der Waals surface area contributed by atoms with Crippen LogP contribution in [0.3, 0.4) is 0 Å². The molecule has 0 spiro atoms. The maximum absolute atomic E-state index is 13.0. The van der Waals surface area contributed by atoms with Gasteiger partial charge in [-0.25, -0.2) is 9.37 Å². The van der Waals surface area contributed by atoms with Crippen molar-refractivity contribution in [1.82, 2.24) is 4.98 Å². The Balaban J connectivity index is 1.90. The van der Waals surface area contributed by atoms with E-state index in [9.17, 15) is 14.3 Å². The number of hydrogen-bond acceptors (Lipinski definition) is 5. The first-order chi connectivity index (χ1) is 12.5. The summed E-state index contributed by atoms with van der Waals surface area (Å²) in [6.07, 6.45) is -0.120. The molecule has 0 saturated heterocycles. The third kappa shape index (κ3) is 4.37. The molecule has 0 fully saturated rings. The number of rotatable bonds is 7. The lowest BCUT2D eigenvalue weighted by molar-refractivity contribution is -0.136. The third-order valence-electron chi connectivity index (χ3n) is 3.54. The number of thiazole rings is 1. The Morgan fingerprint density at radius 1 is 1.19 bits per heavy atom. The van der Waals surface area contributed by atoms with Crippen molar-refractivity contribution in [3.8, 4) is 17.0 Å². The predicted molar refractivity (Wildman–Crippen MR) is 99.7 cm³/mol. The van der Waals surface area contributed by atoms with Gasteiger partial charge < -0.3 is 15.2 Å². The second kappa shape index (κ2) is 7.97. The van der Waals surface area contributed by atoms with E-state index in [-0.39, 0.29) is 12.2 Å². The molecular formula is C19H17FN2O3S. The number of nitrogens with one attached hydrogen (secondary N) is 1. The molecule has 1 aromatic heterocycles. The van der Waals surface area contributed by atoms with E-state index < -0.39 is 5.97 Å². The van der Waals surface area contributed by atoms with E-state index in [4.69, 9.17) is 4.74 Å². The Labute approximate surface area is 154 Å². The number of aromatic nitrogens is 1. The van der Waals surface area contributed by atoms with Crippen LogP contribution in [0.25, 0.3) is 11.3 Å². The van der Waals surface area contributed by atoms with Gasteiger partial charge in [-0.3, -0.25) is 4.79 Å². The molecule has 1 heterocycles. The number of nitrogens with zero attached hydrogens (tertiary/aromatic N) is 1. The minimum Gasteiger partial charge on any atom is -0.494 e. The molecular weight excluding hydrogens is 355 g/mol. The Morgan fingerprint density at radius 2 is 1.88 bits per heavy atom. The molecule has 0 aliphatic rings. The lowest BCUT2D eigenvalue weighted by Gasteiger charge is -2.04. The molecule has 5 nitrogen and oxygen atoms in total. The monoisotopic (exact) mass is 372 g/mol. The lowest BCUT2D eigenvalue weighted by atomic mass is 10.1. The van der Waals surface area contributed by atoms with Gasteiger partial charge in [0.1, 0.15) is 11.6 Å². The predicted octanol–water partition coefficient (Wildman–Crippen LogP) is 4.72. The van der Waals surface area contributed by atoms with Gasteiger partial charge in [0.2, 0.25) is 0 Å². The fraction of sp³-hybridized carbons (Fsp3) is 0.158. The molecule has 0 saturated carbocycles. The van der Waals surface area contributed by atoms with Crippen LogP contribution in [0.4, 0.5) is 15.2 Å². The molecule has 0 amide bonds. The number of carbonyl (C=O) groups is 1. The summed E-state index contributed by atoms with van der Waals surface area (Å²) in [7, 11) is 0. The summed E-state index contributed by atoms with van der Waals surface area (Å²) in [4.78, 5) is 16.4. The second-order valence-corrected chi connectivity index (χ2v) is 6.53.